The van der Waals surface area contributed by atoms with Gasteiger partial charge < -0.3 is 56.7 Å². The molecule has 3 heterocycles. The van der Waals surface area contributed by atoms with Crippen molar-refractivity contribution >= 4 is 21.6 Å². The first-order chi connectivity index (χ1) is 32.9. The Balaban J connectivity index is 1.15. The first-order valence-corrected chi connectivity index (χ1v) is 27.5. The average Bonchev–Trinajstić information content (AvgIpc) is 3.78. The van der Waals surface area contributed by atoms with Crippen molar-refractivity contribution in [2.24, 2.45) is 47.2 Å². The maximum absolute atomic E-state index is 12.4. The summed E-state index contributed by atoms with van der Waals surface area (Å²) < 4.78 is 6.92. The smallest absolute Gasteiger partial charge is 0.161 e. The highest BCUT2D eigenvalue weighted by atomic mass is 33.1. The van der Waals surface area contributed by atoms with E-state index in [1.807, 2.05) is 30.5 Å². The number of ether oxygens (including phenoxy) is 1. The molecule has 368 valence electrons. The number of phenols is 1. The SMILES string of the molecule is CC[C@H]1Cc2cc(O)c(O[C@H]3C[C@@H](Cc4ccc[nH]4)C4=CCNC(N)=C4CSSC[C@H](CO)[C@@H]3O)cc2[C@H]2C[C@@H](O)[C@@H]3[C@@H](C#C[C@H]([C@H](C)Cc4ccccc4)C[C@@H](NC[C@H](C)O)CC[C@@H]3O)C=C12. The van der Waals surface area contributed by atoms with Gasteiger partial charge in [-0.05, 0) is 129 Å². The molecule has 11 N–H and O–H groups in total. The number of dihydropyridines is 1. The van der Waals surface area contributed by atoms with E-state index in [2.05, 4.69) is 83.8 Å². The molecule has 5 aliphatic rings. The van der Waals surface area contributed by atoms with Gasteiger partial charge in [-0.1, -0.05) is 95.3 Å². The molecule has 2 aliphatic heterocycles. The van der Waals surface area contributed by atoms with E-state index in [1.54, 1.807) is 28.5 Å². The predicted octanol–water partition coefficient (Wildman–Crippen LogP) is 6.75. The zero-order chi connectivity index (χ0) is 47.9. The summed E-state index contributed by atoms with van der Waals surface area (Å²) in [4.78, 5) is 3.37. The Morgan fingerprint density at radius 2 is 1.79 bits per heavy atom. The fourth-order valence-electron chi connectivity index (χ4n) is 11.6. The van der Waals surface area contributed by atoms with Gasteiger partial charge in [-0.3, -0.25) is 0 Å². The van der Waals surface area contributed by atoms with E-state index in [1.165, 1.54) is 11.1 Å². The van der Waals surface area contributed by atoms with Crippen molar-refractivity contribution in [2.45, 2.75) is 121 Å². The van der Waals surface area contributed by atoms with Gasteiger partial charge in [0.05, 0.1) is 24.4 Å². The molecule has 1 fully saturated rings. The molecule has 14 atom stereocenters. The van der Waals surface area contributed by atoms with E-state index in [4.69, 9.17) is 10.5 Å². The van der Waals surface area contributed by atoms with Gasteiger partial charge in [0.1, 0.15) is 11.9 Å². The van der Waals surface area contributed by atoms with Crippen molar-refractivity contribution in [1.29, 1.82) is 0 Å². The molecule has 8 rings (SSSR count). The molecule has 11 nitrogen and oxygen atoms in total. The van der Waals surface area contributed by atoms with Crippen LogP contribution in [0, 0.1) is 53.3 Å². The van der Waals surface area contributed by atoms with Crippen LogP contribution in [0.25, 0.3) is 0 Å². The lowest BCUT2D eigenvalue weighted by Gasteiger charge is -2.36. The highest BCUT2D eigenvalue weighted by Crippen LogP contribution is 2.51. The van der Waals surface area contributed by atoms with Gasteiger partial charge in [0, 0.05) is 84.3 Å². The van der Waals surface area contributed by atoms with Crippen LogP contribution in [0.15, 0.2) is 95.5 Å². The minimum absolute atomic E-state index is 0.0103. The standard InChI is InChI=1S/C55H74N4O7S2/c1-4-35-20-38-24-49(63)51(66-52-25-39(22-41-11-8-17-57-41)43-16-18-58-55(56)47(43)31-68-67-30-40(29-60)54(52)65)27-45(38)46-26-50(64)53-37(23-44(35)46)13-12-36(32(2)19-34-9-6-5-7-10-34)21-42(14-15-48(53)62)59-28-33(3)61/h5-11,16-17,23-24,27,32-33,35-37,39-40,42,46,48,50,52-54,57-65H,4,14-15,18-22,25-26,28-31,56H2,1-3H3/t32-,33+,35+,36+,37+,39-,40+,42+,46+,48+,50-,52+,53-,54+/m1/s1. The first-order valence-electron chi connectivity index (χ1n) is 25.1. The highest BCUT2D eigenvalue weighted by Gasteiger charge is 2.43. The highest BCUT2D eigenvalue weighted by molar-refractivity contribution is 8.76. The Kier molecular flexibility index (Phi) is 17.4. The van der Waals surface area contributed by atoms with Crippen molar-refractivity contribution in [3.8, 4) is 23.3 Å². The number of rotatable bonds is 12. The first kappa shape index (κ1) is 50.5. The van der Waals surface area contributed by atoms with Gasteiger partial charge in [0.2, 0.25) is 0 Å². The third kappa shape index (κ3) is 12.0. The van der Waals surface area contributed by atoms with Gasteiger partial charge in [0.15, 0.2) is 11.5 Å². The summed E-state index contributed by atoms with van der Waals surface area (Å²) in [7, 11) is 3.26. The summed E-state index contributed by atoms with van der Waals surface area (Å²) in [6.07, 6.45) is 8.16. The van der Waals surface area contributed by atoms with E-state index in [0.29, 0.717) is 68.9 Å². The third-order valence-corrected chi connectivity index (χ3v) is 17.9. The van der Waals surface area contributed by atoms with Gasteiger partial charge in [0.25, 0.3) is 0 Å². The molecule has 0 radical (unpaired) electrons. The Hall–Kier alpha value is -3.84. The minimum Gasteiger partial charge on any atom is -0.504 e. The molecule has 3 aliphatic carbocycles. The number of hydrogen-bond donors (Lipinski definition) is 10. The average molecular weight is 967 g/mol. The number of H-pyrrole nitrogens is 1. The monoisotopic (exact) mass is 966 g/mol. The molecule has 68 heavy (non-hydrogen) atoms. The fraction of sp³-hybridized carbons (Fsp3) is 0.564. The van der Waals surface area contributed by atoms with E-state index in [9.17, 15) is 30.6 Å². The number of fused-ring (bicyclic) bond motifs is 5. The van der Waals surface area contributed by atoms with Crippen molar-refractivity contribution in [3.05, 3.63) is 118 Å². The molecule has 0 unspecified atom stereocenters. The molecule has 0 bridgehead atoms. The second-order valence-corrected chi connectivity index (χ2v) is 22.8. The molecular formula is C55H74N4O7S2. The van der Waals surface area contributed by atoms with Crippen LogP contribution in [0.1, 0.15) is 87.6 Å². The minimum atomic E-state index is -1.05. The van der Waals surface area contributed by atoms with E-state index >= 15 is 0 Å². The molecule has 0 spiro atoms. The number of aromatic hydroxyl groups is 1. The maximum atomic E-state index is 12.4. The van der Waals surface area contributed by atoms with Gasteiger partial charge in [-0.2, -0.15) is 0 Å². The predicted molar refractivity (Wildman–Crippen MR) is 274 cm³/mol. The molecule has 0 saturated carbocycles. The van der Waals surface area contributed by atoms with Crippen LogP contribution in [0.3, 0.4) is 0 Å². The van der Waals surface area contributed by atoms with Crippen molar-refractivity contribution in [3.63, 3.8) is 0 Å². The molecule has 13 heteroatoms. The van der Waals surface area contributed by atoms with Crippen LogP contribution in [-0.2, 0) is 19.3 Å². The lowest BCUT2D eigenvalue weighted by atomic mass is 9.70. The number of phenolic OH excluding ortho intramolecular Hbond substituents is 1. The zero-order valence-corrected chi connectivity index (χ0v) is 41.5. The number of hydrogen-bond acceptors (Lipinski definition) is 12. The third-order valence-electron chi connectivity index (χ3n) is 15.5. The number of nitrogens with one attached hydrogen (secondary N) is 3. The number of aliphatic hydroxyl groups is 5. The van der Waals surface area contributed by atoms with Crippen LogP contribution < -0.4 is 21.1 Å². The quantitative estimate of drug-likeness (QED) is 0.0522. The van der Waals surface area contributed by atoms with Crippen molar-refractivity contribution in [1.82, 2.24) is 15.6 Å². The number of benzene rings is 2. The molecule has 1 aromatic heterocycles. The zero-order valence-electron chi connectivity index (χ0n) is 39.9. The Morgan fingerprint density at radius 1 is 0.971 bits per heavy atom. The topological polar surface area (TPSA) is 196 Å². The normalized spacial score (nSPS) is 32.1. The summed E-state index contributed by atoms with van der Waals surface area (Å²) in [5.41, 5.74) is 14.3. The number of aliphatic hydroxyl groups excluding tert-OH is 5. The number of aromatic nitrogens is 1. The second kappa shape index (κ2) is 23.4. The molecule has 1 saturated heterocycles. The Bertz CT molecular complexity index is 2290. The summed E-state index contributed by atoms with van der Waals surface area (Å²) in [6.45, 7) is 7.05. The maximum Gasteiger partial charge on any atom is 0.161 e. The fourth-order valence-corrected chi connectivity index (χ4v) is 14.2. The van der Waals surface area contributed by atoms with E-state index in [0.717, 1.165) is 47.2 Å². The molecule has 0 amide bonds. The van der Waals surface area contributed by atoms with E-state index in [-0.39, 0.29) is 59.7 Å². The van der Waals surface area contributed by atoms with Crippen LogP contribution in [0.2, 0.25) is 0 Å². The lowest BCUT2D eigenvalue weighted by Crippen LogP contribution is -2.42. The van der Waals surface area contributed by atoms with Crippen LogP contribution in [-0.4, -0.2) is 103 Å². The molecule has 3 aromatic rings. The van der Waals surface area contributed by atoms with Crippen LogP contribution in [0.5, 0.6) is 11.5 Å². The van der Waals surface area contributed by atoms with Crippen molar-refractivity contribution in [2.75, 3.05) is 31.2 Å². The number of nitrogens with two attached hydrogens (primary N) is 1. The van der Waals surface area contributed by atoms with Gasteiger partial charge in [-0.25, -0.2) is 0 Å². The van der Waals surface area contributed by atoms with Gasteiger partial charge >= 0.3 is 0 Å². The molecule has 2 aromatic carbocycles. The number of allylic oxidation sites excluding steroid dienone is 3. The summed E-state index contributed by atoms with van der Waals surface area (Å²) in [6, 6.07) is 18.3. The largest absolute Gasteiger partial charge is 0.504 e. The van der Waals surface area contributed by atoms with E-state index < -0.39 is 42.4 Å². The second-order valence-electron chi connectivity index (χ2n) is 20.3. The van der Waals surface area contributed by atoms with Crippen molar-refractivity contribution < 1.29 is 35.4 Å². The summed E-state index contributed by atoms with van der Waals surface area (Å²) >= 11 is 0. The molecular weight excluding hydrogens is 893 g/mol. The summed E-state index contributed by atoms with van der Waals surface area (Å²) in [5, 5.41) is 76.4. The van der Waals surface area contributed by atoms with Crippen LogP contribution in [0.4, 0.5) is 0 Å². The summed E-state index contributed by atoms with van der Waals surface area (Å²) in [5.74, 6) is 8.23. The number of aromatic amines is 1. The lowest BCUT2D eigenvalue weighted by molar-refractivity contribution is -0.0214. The Morgan fingerprint density at radius 3 is 2.54 bits per heavy atom. The Labute approximate surface area is 411 Å². The van der Waals surface area contributed by atoms with Crippen LogP contribution >= 0.6 is 21.6 Å². The van der Waals surface area contributed by atoms with Gasteiger partial charge in [-0.15, -0.1) is 0 Å².